The highest BCUT2D eigenvalue weighted by Crippen LogP contribution is 2.46. The lowest BCUT2D eigenvalue weighted by Gasteiger charge is -2.30. The largest absolute Gasteiger partial charge is 0.393 e. The van der Waals surface area contributed by atoms with Crippen molar-refractivity contribution in [2.75, 3.05) is 0 Å². The minimum absolute atomic E-state index is 0.179. The number of nitrogens with zero attached hydrogens (tertiary/aromatic N) is 2. The molecule has 2 aromatic rings. The molecule has 112 valence electrons. The number of pyridine rings is 1. The van der Waals surface area contributed by atoms with E-state index in [-0.39, 0.29) is 12.0 Å². The molecule has 0 spiro atoms. The van der Waals surface area contributed by atoms with E-state index in [1.165, 1.54) is 18.4 Å². The van der Waals surface area contributed by atoms with Crippen LogP contribution in [0.25, 0.3) is 5.52 Å². The van der Waals surface area contributed by atoms with Gasteiger partial charge in [-0.3, -0.25) is 0 Å². The molecule has 4 nitrogen and oxygen atoms in total. The first-order chi connectivity index (χ1) is 10.2. The predicted octanol–water partition coefficient (Wildman–Crippen LogP) is 2.80. The fourth-order valence-corrected chi connectivity index (χ4v) is 3.76. The summed E-state index contributed by atoms with van der Waals surface area (Å²) in [5, 5.41) is 20.7. The van der Waals surface area contributed by atoms with E-state index < -0.39 is 6.10 Å². The zero-order valence-corrected chi connectivity index (χ0v) is 12.2. The third-order valence-electron chi connectivity index (χ3n) is 5.17. The number of imidazole rings is 1. The fourth-order valence-electron chi connectivity index (χ4n) is 3.76. The van der Waals surface area contributed by atoms with E-state index in [9.17, 15) is 10.2 Å². The second-order valence-corrected chi connectivity index (χ2v) is 6.66. The molecule has 2 aromatic heterocycles. The van der Waals surface area contributed by atoms with Crippen LogP contribution < -0.4 is 0 Å². The molecule has 0 aliphatic heterocycles. The SMILES string of the molecule is O[C@@H](c1c(C2CC2)ccn2cncc12)[C@H]1CC[C@@H](O)CC1. The molecule has 0 amide bonds. The van der Waals surface area contributed by atoms with Gasteiger partial charge in [-0.2, -0.15) is 0 Å². The number of aliphatic hydroxyl groups excluding tert-OH is 2. The van der Waals surface area contributed by atoms with Crippen LogP contribution in [0.5, 0.6) is 0 Å². The summed E-state index contributed by atoms with van der Waals surface area (Å²) in [6.45, 7) is 0. The molecule has 0 aromatic carbocycles. The van der Waals surface area contributed by atoms with Crippen molar-refractivity contribution in [3.05, 3.63) is 35.9 Å². The number of aliphatic hydroxyl groups is 2. The Morgan fingerprint density at radius 2 is 1.90 bits per heavy atom. The number of hydrogen-bond donors (Lipinski definition) is 2. The summed E-state index contributed by atoms with van der Waals surface area (Å²) in [6, 6.07) is 2.16. The smallest absolute Gasteiger partial charge is 0.0992 e. The van der Waals surface area contributed by atoms with Crippen molar-refractivity contribution in [3.63, 3.8) is 0 Å². The molecule has 2 aliphatic carbocycles. The van der Waals surface area contributed by atoms with E-state index in [2.05, 4.69) is 17.2 Å². The Balaban J connectivity index is 1.73. The number of rotatable bonds is 3. The van der Waals surface area contributed by atoms with Gasteiger partial charge in [0.15, 0.2) is 0 Å². The van der Waals surface area contributed by atoms with E-state index in [0.29, 0.717) is 5.92 Å². The minimum Gasteiger partial charge on any atom is -0.393 e. The highest BCUT2D eigenvalue weighted by atomic mass is 16.3. The molecule has 2 fully saturated rings. The highest BCUT2D eigenvalue weighted by molar-refractivity contribution is 5.59. The highest BCUT2D eigenvalue weighted by Gasteiger charge is 2.33. The average Bonchev–Trinajstić information content (AvgIpc) is 3.23. The van der Waals surface area contributed by atoms with Gasteiger partial charge in [-0.25, -0.2) is 4.98 Å². The van der Waals surface area contributed by atoms with Crippen molar-refractivity contribution in [3.8, 4) is 0 Å². The Bertz CT molecular complexity index is 639. The lowest BCUT2D eigenvalue weighted by Crippen LogP contribution is -2.24. The molecule has 0 unspecified atom stereocenters. The first-order valence-corrected chi connectivity index (χ1v) is 8.04. The van der Waals surface area contributed by atoms with E-state index in [1.807, 2.05) is 10.6 Å². The van der Waals surface area contributed by atoms with Crippen LogP contribution in [0.1, 0.15) is 61.7 Å². The molecule has 2 heterocycles. The summed E-state index contributed by atoms with van der Waals surface area (Å²) >= 11 is 0. The first-order valence-electron chi connectivity index (χ1n) is 8.04. The molecule has 4 heteroatoms. The number of aromatic nitrogens is 2. The molecule has 21 heavy (non-hydrogen) atoms. The van der Waals surface area contributed by atoms with E-state index in [0.717, 1.165) is 36.8 Å². The lowest BCUT2D eigenvalue weighted by molar-refractivity contribution is 0.0415. The van der Waals surface area contributed by atoms with Crippen LogP contribution in [-0.2, 0) is 0 Å². The fraction of sp³-hybridized carbons (Fsp3) is 0.588. The van der Waals surface area contributed by atoms with Crippen LogP contribution in [0.3, 0.4) is 0 Å². The van der Waals surface area contributed by atoms with Crippen LogP contribution in [0.15, 0.2) is 24.8 Å². The van der Waals surface area contributed by atoms with Gasteiger partial charge >= 0.3 is 0 Å². The Morgan fingerprint density at radius 1 is 1.14 bits per heavy atom. The second kappa shape index (κ2) is 5.11. The Labute approximate surface area is 124 Å². The molecule has 0 radical (unpaired) electrons. The van der Waals surface area contributed by atoms with Gasteiger partial charge in [-0.1, -0.05) is 0 Å². The first kappa shape index (κ1) is 13.3. The maximum absolute atomic E-state index is 11.0. The summed E-state index contributed by atoms with van der Waals surface area (Å²) in [7, 11) is 0. The summed E-state index contributed by atoms with van der Waals surface area (Å²) < 4.78 is 2.00. The van der Waals surface area contributed by atoms with Crippen LogP contribution in [-0.4, -0.2) is 25.7 Å². The van der Waals surface area contributed by atoms with Gasteiger partial charge in [-0.05, 0) is 62.0 Å². The van der Waals surface area contributed by atoms with E-state index >= 15 is 0 Å². The van der Waals surface area contributed by atoms with Gasteiger partial charge in [0.05, 0.1) is 30.2 Å². The second-order valence-electron chi connectivity index (χ2n) is 6.66. The van der Waals surface area contributed by atoms with Crippen molar-refractivity contribution >= 4 is 5.52 Å². The summed E-state index contributed by atoms with van der Waals surface area (Å²) in [5.74, 6) is 0.871. The third kappa shape index (κ3) is 2.36. The topological polar surface area (TPSA) is 57.8 Å². The van der Waals surface area contributed by atoms with Gasteiger partial charge in [0.1, 0.15) is 0 Å². The molecule has 1 atom stereocenters. The van der Waals surface area contributed by atoms with Gasteiger partial charge in [0.2, 0.25) is 0 Å². The molecule has 4 rings (SSSR count). The predicted molar refractivity (Wildman–Crippen MR) is 80.1 cm³/mol. The average molecular weight is 286 g/mol. The van der Waals surface area contributed by atoms with Crippen molar-refractivity contribution < 1.29 is 10.2 Å². The molecule has 0 bridgehead atoms. The zero-order valence-electron chi connectivity index (χ0n) is 12.2. The van der Waals surface area contributed by atoms with Crippen LogP contribution >= 0.6 is 0 Å². The minimum atomic E-state index is -0.437. The normalized spacial score (nSPS) is 27.9. The summed E-state index contributed by atoms with van der Waals surface area (Å²) in [6.07, 6.45) is 11.0. The Morgan fingerprint density at radius 3 is 2.62 bits per heavy atom. The van der Waals surface area contributed by atoms with Crippen LogP contribution in [0.4, 0.5) is 0 Å². The molecule has 2 N–H and O–H groups in total. The van der Waals surface area contributed by atoms with Crippen molar-refractivity contribution in [1.82, 2.24) is 9.38 Å². The molecular weight excluding hydrogens is 264 g/mol. The number of hydrogen-bond acceptors (Lipinski definition) is 3. The molecule has 0 saturated heterocycles. The standard InChI is InChI=1S/C17H22N2O2/c20-13-5-3-12(4-6-13)17(21)16-14(11-1-2-11)7-8-19-10-18-9-15(16)19/h7-13,17,20-21H,1-6H2/t12-,13+,17-/m1/s1. The van der Waals surface area contributed by atoms with Crippen molar-refractivity contribution in [1.29, 1.82) is 0 Å². The molecular formula is C17H22N2O2. The third-order valence-corrected chi connectivity index (χ3v) is 5.17. The summed E-state index contributed by atoms with van der Waals surface area (Å²) in [5.41, 5.74) is 3.43. The monoisotopic (exact) mass is 286 g/mol. The summed E-state index contributed by atoms with van der Waals surface area (Å²) in [4.78, 5) is 4.23. The number of fused-ring (bicyclic) bond motifs is 1. The van der Waals surface area contributed by atoms with Gasteiger partial charge in [0.25, 0.3) is 0 Å². The van der Waals surface area contributed by atoms with Gasteiger partial charge in [0, 0.05) is 11.8 Å². The quantitative estimate of drug-likeness (QED) is 0.912. The lowest BCUT2D eigenvalue weighted by atomic mass is 9.80. The van der Waals surface area contributed by atoms with Crippen LogP contribution in [0.2, 0.25) is 0 Å². The maximum atomic E-state index is 11.0. The van der Waals surface area contributed by atoms with E-state index in [4.69, 9.17) is 0 Å². The van der Waals surface area contributed by atoms with E-state index in [1.54, 1.807) is 6.33 Å². The van der Waals surface area contributed by atoms with Crippen LogP contribution in [0, 0.1) is 5.92 Å². The molecule has 2 saturated carbocycles. The van der Waals surface area contributed by atoms with Gasteiger partial charge in [-0.15, -0.1) is 0 Å². The Kier molecular flexibility index (Phi) is 3.23. The zero-order chi connectivity index (χ0) is 14.4. The Hall–Kier alpha value is -1.39. The van der Waals surface area contributed by atoms with Crippen molar-refractivity contribution in [2.24, 2.45) is 5.92 Å². The van der Waals surface area contributed by atoms with Gasteiger partial charge < -0.3 is 14.6 Å². The van der Waals surface area contributed by atoms with Crippen molar-refractivity contribution in [2.45, 2.75) is 56.7 Å². The molecule has 2 aliphatic rings. The maximum Gasteiger partial charge on any atom is 0.0992 e.